The molecule has 0 heterocycles. The lowest BCUT2D eigenvalue weighted by Gasteiger charge is -2.44. The van der Waals surface area contributed by atoms with Gasteiger partial charge in [-0.15, -0.1) is 0 Å². The van der Waals surface area contributed by atoms with Crippen LogP contribution in [-0.2, 0) is 28.8 Å². The van der Waals surface area contributed by atoms with Gasteiger partial charge in [0.15, 0.2) is 0 Å². The van der Waals surface area contributed by atoms with Crippen molar-refractivity contribution in [1.82, 2.24) is 0 Å². The van der Waals surface area contributed by atoms with Crippen LogP contribution in [0.25, 0.3) is 11.1 Å². The van der Waals surface area contributed by atoms with E-state index in [1.54, 1.807) is 24.3 Å². The van der Waals surface area contributed by atoms with Crippen molar-refractivity contribution in [3.8, 4) is 11.1 Å². The minimum atomic E-state index is -4.45. The average Bonchev–Trinajstić information content (AvgIpc) is 3.44. The first-order chi connectivity index (χ1) is 27.7. The highest BCUT2D eigenvalue weighted by Crippen LogP contribution is 2.53. The molecule has 0 amide bonds. The van der Waals surface area contributed by atoms with Crippen LogP contribution < -0.4 is 9.80 Å². The third-order valence-corrected chi connectivity index (χ3v) is 12.8. The number of hydrogen-bond acceptors (Lipinski definition) is 2. The minimum Gasteiger partial charge on any atom is -0.331 e. The maximum atomic E-state index is 13.7. The monoisotopic (exact) mass is 804 g/mol. The summed E-state index contributed by atoms with van der Waals surface area (Å²) in [5.74, 6) is 0. The predicted octanol–water partition coefficient (Wildman–Crippen LogP) is 15.6. The Hall–Kier alpha value is -5.50. The van der Waals surface area contributed by atoms with Crippen LogP contribution >= 0.6 is 0 Å². The number of fused-ring (bicyclic) bond motifs is 3. The molecule has 0 aromatic heterocycles. The second kappa shape index (κ2) is 15.0. The van der Waals surface area contributed by atoms with Crippen molar-refractivity contribution in [3.05, 3.63) is 178 Å². The van der Waals surface area contributed by atoms with Crippen molar-refractivity contribution in [2.75, 3.05) is 9.80 Å². The summed E-state index contributed by atoms with van der Waals surface area (Å²) in [5, 5.41) is 0. The molecule has 59 heavy (non-hydrogen) atoms. The second-order valence-corrected chi connectivity index (χ2v) is 16.8. The van der Waals surface area contributed by atoms with Gasteiger partial charge in [-0.3, -0.25) is 0 Å². The first-order valence-electron chi connectivity index (χ1n) is 20.1. The molecule has 1 unspecified atom stereocenters. The summed E-state index contributed by atoms with van der Waals surface area (Å²) in [7, 11) is 0. The molecule has 0 bridgehead atoms. The Bertz CT molecular complexity index is 2270. The number of alkyl halides is 6. The van der Waals surface area contributed by atoms with Crippen LogP contribution in [0.1, 0.15) is 98.9 Å². The van der Waals surface area contributed by atoms with Gasteiger partial charge in [-0.05, 0) is 147 Å². The van der Waals surface area contributed by atoms with E-state index in [0.717, 1.165) is 80.1 Å². The highest BCUT2D eigenvalue weighted by Gasteiger charge is 2.42. The third-order valence-electron chi connectivity index (χ3n) is 12.8. The molecule has 2 nitrogen and oxygen atoms in total. The SMILES string of the molecule is CCC(C)(c1ccc2c(c1)C(C)(C)c1cc([C@@](C)(CC)N(c3ccc(C)cc3)c3ccc(C(F)(F)F)cc3)ccc1-2)N(c1ccc(C)cc1)c1ccc(C(F)(F)F)cc1. The molecule has 0 saturated carbocycles. The zero-order valence-corrected chi connectivity index (χ0v) is 34.8. The zero-order valence-electron chi connectivity index (χ0n) is 34.8. The maximum Gasteiger partial charge on any atom is 0.416 e. The average molecular weight is 805 g/mol. The molecule has 0 saturated heterocycles. The van der Waals surface area contributed by atoms with E-state index in [-0.39, 0.29) is 0 Å². The van der Waals surface area contributed by atoms with Crippen molar-refractivity contribution < 1.29 is 26.3 Å². The Labute approximate surface area is 344 Å². The Morgan fingerprint density at radius 2 is 0.695 bits per heavy atom. The van der Waals surface area contributed by atoms with E-state index in [9.17, 15) is 26.3 Å². The molecule has 6 aromatic rings. The summed E-state index contributed by atoms with van der Waals surface area (Å²) in [6, 6.07) is 40.1. The van der Waals surface area contributed by atoms with Gasteiger partial charge in [0.25, 0.3) is 0 Å². The number of nitrogens with zero attached hydrogens (tertiary/aromatic N) is 2. The molecule has 1 aliphatic carbocycles. The van der Waals surface area contributed by atoms with Crippen LogP contribution in [0, 0.1) is 13.8 Å². The Morgan fingerprint density at radius 3 is 0.966 bits per heavy atom. The van der Waals surface area contributed by atoms with E-state index >= 15 is 0 Å². The third kappa shape index (κ3) is 7.40. The molecular formula is C51H50F6N2. The number of anilines is 4. The molecule has 0 spiro atoms. The van der Waals surface area contributed by atoms with E-state index in [0.29, 0.717) is 24.2 Å². The molecule has 0 radical (unpaired) electrons. The molecule has 2 atom stereocenters. The van der Waals surface area contributed by atoms with Crippen LogP contribution in [0.2, 0.25) is 0 Å². The van der Waals surface area contributed by atoms with Crippen molar-refractivity contribution in [2.45, 2.75) is 97.1 Å². The molecule has 7 rings (SSSR count). The van der Waals surface area contributed by atoms with Crippen molar-refractivity contribution in [3.63, 3.8) is 0 Å². The lowest BCUT2D eigenvalue weighted by atomic mass is 9.77. The predicted molar refractivity (Wildman–Crippen MR) is 229 cm³/mol. The normalized spacial score (nSPS) is 15.5. The number of benzene rings is 6. The molecule has 0 N–H and O–H groups in total. The number of rotatable bonds is 10. The number of hydrogen-bond donors (Lipinski definition) is 0. The highest BCUT2D eigenvalue weighted by molar-refractivity contribution is 5.82. The van der Waals surface area contributed by atoms with Crippen molar-refractivity contribution in [2.24, 2.45) is 0 Å². The van der Waals surface area contributed by atoms with Gasteiger partial charge in [-0.25, -0.2) is 0 Å². The fraction of sp³-hybridized carbons (Fsp3) is 0.294. The Kier molecular flexibility index (Phi) is 10.6. The van der Waals surface area contributed by atoms with Gasteiger partial charge in [0.2, 0.25) is 0 Å². The van der Waals surface area contributed by atoms with E-state index in [2.05, 4.69) is 87.7 Å². The highest BCUT2D eigenvalue weighted by atomic mass is 19.4. The molecule has 1 aliphatic rings. The first-order valence-corrected chi connectivity index (χ1v) is 20.1. The van der Waals surface area contributed by atoms with Gasteiger partial charge in [0.05, 0.1) is 22.2 Å². The molecule has 306 valence electrons. The van der Waals surface area contributed by atoms with Crippen molar-refractivity contribution >= 4 is 22.7 Å². The maximum absolute atomic E-state index is 13.7. The van der Waals surface area contributed by atoms with Gasteiger partial charge in [-0.1, -0.05) is 99.5 Å². The van der Waals surface area contributed by atoms with E-state index in [1.165, 1.54) is 0 Å². The molecule has 0 fully saturated rings. The second-order valence-electron chi connectivity index (χ2n) is 16.8. The summed E-state index contributed by atoms with van der Waals surface area (Å²) in [6.07, 6.45) is -7.58. The fourth-order valence-corrected chi connectivity index (χ4v) is 8.81. The largest absolute Gasteiger partial charge is 0.416 e. The lowest BCUT2D eigenvalue weighted by molar-refractivity contribution is -0.138. The topological polar surface area (TPSA) is 6.48 Å². The van der Waals surface area contributed by atoms with Crippen molar-refractivity contribution in [1.29, 1.82) is 0 Å². The summed E-state index contributed by atoms with van der Waals surface area (Å²) in [4.78, 5) is 4.30. The van der Waals surface area contributed by atoms with E-state index < -0.39 is 40.0 Å². The fourth-order valence-electron chi connectivity index (χ4n) is 8.81. The van der Waals surface area contributed by atoms with Crippen LogP contribution in [-0.4, -0.2) is 0 Å². The number of aryl methyl sites for hydroxylation is 2. The van der Waals surface area contributed by atoms with Crippen LogP contribution in [0.3, 0.4) is 0 Å². The molecule has 0 aliphatic heterocycles. The van der Waals surface area contributed by atoms with Gasteiger partial charge in [0.1, 0.15) is 0 Å². The van der Waals surface area contributed by atoms with Gasteiger partial charge >= 0.3 is 12.4 Å². The molecule has 8 heteroatoms. The Morgan fingerprint density at radius 1 is 0.424 bits per heavy atom. The lowest BCUT2D eigenvalue weighted by Crippen LogP contribution is -2.41. The minimum absolute atomic E-state index is 0.438. The van der Waals surface area contributed by atoms with Gasteiger partial charge in [-0.2, -0.15) is 26.3 Å². The van der Waals surface area contributed by atoms with E-state index in [1.807, 2.05) is 62.4 Å². The van der Waals surface area contributed by atoms with Gasteiger partial charge < -0.3 is 9.80 Å². The standard InChI is InChI=1S/C51H50F6N2/c1-9-48(7,58(39-21-11-33(3)12-22-39)41-25-15-35(16-26-41)50(52,53)54)37-19-29-43-44-30-20-38(32-46(44)47(5,6)45(43)31-37)49(8,10-2)59(40-23-13-34(4)14-24-40)42-27-17-36(18-28-42)51(55,56)57/h11-32H,9-10H2,1-8H3/t48-,49?/m1/s1. The smallest absolute Gasteiger partial charge is 0.331 e. The summed E-state index contributed by atoms with van der Waals surface area (Å²) < 4.78 is 82.1. The van der Waals surface area contributed by atoms with Crippen LogP contribution in [0.15, 0.2) is 133 Å². The van der Waals surface area contributed by atoms with Gasteiger partial charge in [0, 0.05) is 28.2 Å². The Balaban J connectivity index is 1.32. The van der Waals surface area contributed by atoms with E-state index in [4.69, 9.17) is 0 Å². The molecular weight excluding hydrogens is 755 g/mol. The zero-order chi connectivity index (χ0) is 42.7. The number of halogens is 6. The summed E-state index contributed by atoms with van der Waals surface area (Å²) in [6.45, 7) is 17.0. The summed E-state index contributed by atoms with van der Waals surface area (Å²) >= 11 is 0. The molecule has 6 aromatic carbocycles. The van der Waals surface area contributed by atoms with Crippen LogP contribution in [0.5, 0.6) is 0 Å². The summed E-state index contributed by atoms with van der Waals surface area (Å²) in [5.41, 5.74) is 8.68. The van der Waals surface area contributed by atoms with Crippen LogP contribution in [0.4, 0.5) is 49.1 Å². The first kappa shape index (κ1) is 41.7. The quantitative estimate of drug-likeness (QED) is 0.127.